The van der Waals surface area contributed by atoms with Crippen LogP contribution in [0.25, 0.3) is 0 Å². The number of rotatable bonds is 3. The minimum atomic E-state index is -0.134. The smallest absolute Gasteiger partial charge is 0.176 e. The van der Waals surface area contributed by atoms with Crippen LogP contribution in [0.4, 0.5) is 4.39 Å². The maximum Gasteiger partial charge on any atom is 0.176 e. The number of phenols is 1. The Kier molecular flexibility index (Phi) is 6.24. The molecule has 1 unspecified atom stereocenters. The fraction of sp³-hybridized carbons (Fsp3) is 0.409. The molecule has 5 heteroatoms. The van der Waals surface area contributed by atoms with Crippen molar-refractivity contribution in [2.24, 2.45) is 11.8 Å². The van der Waals surface area contributed by atoms with Crippen LogP contribution >= 0.6 is 0 Å². The first-order chi connectivity index (χ1) is 12.9. The number of aliphatic hydroxyl groups excluding tert-OH is 1. The van der Waals surface area contributed by atoms with E-state index in [1.165, 1.54) is 6.07 Å². The summed E-state index contributed by atoms with van der Waals surface area (Å²) in [7, 11) is 0. The van der Waals surface area contributed by atoms with Gasteiger partial charge in [0, 0.05) is 18.7 Å². The van der Waals surface area contributed by atoms with Gasteiger partial charge in [-0.15, -0.1) is 0 Å². The first-order valence-corrected chi connectivity index (χ1v) is 9.36. The molecule has 4 nitrogen and oxygen atoms in total. The summed E-state index contributed by atoms with van der Waals surface area (Å²) in [4.78, 5) is 14.3. The van der Waals surface area contributed by atoms with Gasteiger partial charge in [-0.2, -0.15) is 0 Å². The van der Waals surface area contributed by atoms with Crippen molar-refractivity contribution in [1.82, 2.24) is 4.90 Å². The summed E-state index contributed by atoms with van der Waals surface area (Å²) in [6, 6.07) is 13.1. The van der Waals surface area contributed by atoms with Gasteiger partial charge < -0.3 is 10.2 Å². The Hall–Kier alpha value is -2.24. The Morgan fingerprint density at radius 1 is 1.07 bits per heavy atom. The molecule has 144 valence electrons. The van der Waals surface area contributed by atoms with Gasteiger partial charge in [-0.05, 0) is 67.5 Å². The van der Waals surface area contributed by atoms with Crippen molar-refractivity contribution in [3.8, 4) is 5.75 Å². The first kappa shape index (κ1) is 19.5. The van der Waals surface area contributed by atoms with Crippen LogP contribution in [0.1, 0.15) is 28.8 Å². The van der Waals surface area contributed by atoms with E-state index in [0.717, 1.165) is 25.9 Å². The van der Waals surface area contributed by atoms with E-state index in [2.05, 4.69) is 4.90 Å². The molecular formula is C22H26FNO3. The zero-order valence-electron chi connectivity index (χ0n) is 15.5. The second-order valence-electron chi connectivity index (χ2n) is 7.56. The van der Waals surface area contributed by atoms with Crippen molar-refractivity contribution in [2.75, 3.05) is 19.6 Å². The van der Waals surface area contributed by atoms with Gasteiger partial charge in [-0.25, -0.2) is 4.39 Å². The van der Waals surface area contributed by atoms with E-state index in [-0.39, 0.29) is 23.5 Å². The van der Waals surface area contributed by atoms with Gasteiger partial charge in [-0.3, -0.25) is 9.69 Å². The number of hydrogen-bond acceptors (Lipinski definition) is 4. The summed E-state index contributed by atoms with van der Waals surface area (Å²) in [6.07, 6.45) is 1.63. The third kappa shape index (κ3) is 5.15. The molecule has 0 spiro atoms. The van der Waals surface area contributed by atoms with Gasteiger partial charge in [0.2, 0.25) is 0 Å². The number of fused-ring (bicyclic) bond motifs is 1. The van der Waals surface area contributed by atoms with E-state index in [1.807, 2.05) is 6.07 Å². The maximum atomic E-state index is 12.3. The molecule has 2 N–H and O–H groups in total. The molecule has 2 aromatic carbocycles. The monoisotopic (exact) mass is 371 g/mol. The van der Waals surface area contributed by atoms with Crippen LogP contribution < -0.4 is 0 Å². The number of hydrogen-bond donors (Lipinski definition) is 2. The van der Waals surface area contributed by atoms with Gasteiger partial charge >= 0.3 is 0 Å². The van der Waals surface area contributed by atoms with Crippen LogP contribution in [0.2, 0.25) is 0 Å². The molecule has 2 fully saturated rings. The molecule has 1 heterocycles. The topological polar surface area (TPSA) is 60.8 Å². The fourth-order valence-corrected chi connectivity index (χ4v) is 3.99. The number of carbonyl (C=O) groups is 1. The number of aliphatic hydroxyl groups is 1. The second-order valence-corrected chi connectivity index (χ2v) is 7.56. The summed E-state index contributed by atoms with van der Waals surface area (Å²) in [5.74, 6) is 1.26. The molecule has 2 aromatic rings. The molecule has 1 saturated carbocycles. The van der Waals surface area contributed by atoms with Crippen LogP contribution in [0, 0.1) is 24.6 Å². The zero-order chi connectivity index (χ0) is 19.4. The Labute approximate surface area is 159 Å². The lowest BCUT2D eigenvalue weighted by Crippen LogP contribution is -2.29. The van der Waals surface area contributed by atoms with Gasteiger partial charge in [0.15, 0.2) is 5.78 Å². The van der Waals surface area contributed by atoms with E-state index in [0.29, 0.717) is 29.5 Å². The highest BCUT2D eigenvalue weighted by atomic mass is 19.1. The molecule has 1 aliphatic heterocycles. The number of aryl methyl sites for hydroxylation is 1. The lowest BCUT2D eigenvalue weighted by atomic mass is 10.0. The molecule has 0 aromatic heterocycles. The molecule has 0 radical (unpaired) electrons. The van der Waals surface area contributed by atoms with Crippen molar-refractivity contribution < 1.29 is 19.4 Å². The predicted molar refractivity (Wildman–Crippen MR) is 102 cm³/mol. The first-order valence-electron chi connectivity index (χ1n) is 9.36. The van der Waals surface area contributed by atoms with Crippen molar-refractivity contribution in [3.05, 3.63) is 65.5 Å². The lowest BCUT2D eigenvalue weighted by Gasteiger charge is -2.16. The predicted octanol–water partition coefficient (Wildman–Crippen LogP) is 3.41. The summed E-state index contributed by atoms with van der Waals surface area (Å²) in [5, 5.41) is 18.8. The molecule has 2 aliphatic rings. The van der Waals surface area contributed by atoms with Crippen molar-refractivity contribution in [2.45, 2.75) is 25.9 Å². The Morgan fingerprint density at radius 3 is 2.19 bits per heavy atom. The van der Waals surface area contributed by atoms with E-state index < -0.39 is 0 Å². The largest absolute Gasteiger partial charge is 0.508 e. The van der Waals surface area contributed by atoms with Gasteiger partial charge in [0.05, 0.1) is 12.6 Å². The number of carbonyl (C=O) groups excluding carboxylic acids is 1. The molecule has 0 bridgehead atoms. The van der Waals surface area contributed by atoms with Crippen LogP contribution in [-0.4, -0.2) is 46.6 Å². The highest BCUT2D eigenvalue weighted by Gasteiger charge is 2.40. The second kappa shape index (κ2) is 8.63. The number of halogens is 1. The Morgan fingerprint density at radius 2 is 1.67 bits per heavy atom. The number of aromatic hydroxyl groups is 1. The van der Waals surface area contributed by atoms with Crippen molar-refractivity contribution in [3.63, 3.8) is 0 Å². The third-order valence-corrected chi connectivity index (χ3v) is 5.43. The SMILES string of the molecule is Cc1ccccc1F.O=C(CN1C[C@H]2CC(O)C[C@H]2C1)c1ccc(O)cc1. The summed E-state index contributed by atoms with van der Waals surface area (Å²) >= 11 is 0. The highest BCUT2D eigenvalue weighted by Crippen LogP contribution is 2.37. The highest BCUT2D eigenvalue weighted by molar-refractivity contribution is 5.97. The number of ketones is 1. The van der Waals surface area contributed by atoms with Crippen LogP contribution in [-0.2, 0) is 0 Å². The quantitative estimate of drug-likeness (QED) is 0.812. The van der Waals surface area contributed by atoms with Crippen LogP contribution in [0.5, 0.6) is 5.75 Å². The molecule has 27 heavy (non-hydrogen) atoms. The summed E-state index contributed by atoms with van der Waals surface area (Å²) < 4.78 is 12.3. The van der Waals surface area contributed by atoms with Crippen molar-refractivity contribution >= 4 is 5.78 Å². The molecule has 4 rings (SSSR count). The number of nitrogens with zero attached hydrogens (tertiary/aromatic N) is 1. The average molecular weight is 371 g/mol. The average Bonchev–Trinajstić information content (AvgIpc) is 3.15. The van der Waals surface area contributed by atoms with Gasteiger partial charge in [0.1, 0.15) is 11.6 Å². The summed E-state index contributed by atoms with van der Waals surface area (Å²) in [6.45, 7) is 4.03. The number of phenolic OH excluding ortho intramolecular Hbond substituents is 1. The molecule has 1 saturated heterocycles. The maximum absolute atomic E-state index is 12.3. The summed E-state index contributed by atoms with van der Waals surface area (Å²) in [5.41, 5.74) is 1.35. The van der Waals surface area contributed by atoms with Crippen molar-refractivity contribution in [1.29, 1.82) is 0 Å². The molecule has 0 amide bonds. The Bertz CT molecular complexity index is 742. The lowest BCUT2D eigenvalue weighted by molar-refractivity contribution is 0.0935. The fourth-order valence-electron chi connectivity index (χ4n) is 3.99. The van der Waals surface area contributed by atoms with E-state index in [1.54, 1.807) is 43.3 Å². The van der Waals surface area contributed by atoms with Gasteiger partial charge in [-0.1, -0.05) is 18.2 Å². The van der Waals surface area contributed by atoms with Crippen LogP contribution in [0.3, 0.4) is 0 Å². The van der Waals surface area contributed by atoms with Crippen LogP contribution in [0.15, 0.2) is 48.5 Å². The normalized spacial score (nSPS) is 24.2. The zero-order valence-corrected chi connectivity index (χ0v) is 15.5. The molecule has 3 atom stereocenters. The molecular weight excluding hydrogens is 345 g/mol. The standard InChI is InChI=1S/C15H19NO3.C7H7F/c17-13-3-1-10(2-4-13)15(19)9-16-7-11-5-14(18)6-12(11)8-16;1-6-4-2-3-5-7(6)8/h1-4,11-12,14,17-18H,5-9H2;2-5H,1H3/t11-,12+,14?;. The van der Waals surface area contributed by atoms with E-state index >= 15 is 0 Å². The van der Waals surface area contributed by atoms with E-state index in [9.17, 15) is 19.4 Å². The minimum Gasteiger partial charge on any atom is -0.508 e. The third-order valence-electron chi connectivity index (χ3n) is 5.43. The number of likely N-dealkylation sites (tertiary alicyclic amines) is 1. The van der Waals surface area contributed by atoms with Gasteiger partial charge in [0.25, 0.3) is 0 Å². The Balaban J connectivity index is 0.000000221. The number of benzene rings is 2. The van der Waals surface area contributed by atoms with E-state index in [4.69, 9.17) is 0 Å². The number of Topliss-reactive ketones (excluding diaryl/α,β-unsaturated/α-hetero) is 1. The minimum absolute atomic E-state index is 0.0977. The molecule has 1 aliphatic carbocycles.